The van der Waals surface area contributed by atoms with Crippen LogP contribution in [0, 0.1) is 0 Å². The van der Waals surface area contributed by atoms with Crippen LogP contribution in [0.3, 0.4) is 0 Å². The monoisotopic (exact) mass is 367 g/mol. The molecule has 7 nitrogen and oxygen atoms in total. The fourth-order valence-electron chi connectivity index (χ4n) is 2.73. The summed E-state index contributed by atoms with van der Waals surface area (Å²) in [5, 5.41) is 9.80. The summed E-state index contributed by atoms with van der Waals surface area (Å²) in [6.45, 7) is 0.314. The second-order valence-electron chi connectivity index (χ2n) is 5.75. The number of methoxy groups -OCH3 is 3. The lowest BCUT2D eigenvalue weighted by Gasteiger charge is -2.11. The molecule has 0 spiro atoms. The van der Waals surface area contributed by atoms with Crippen molar-refractivity contribution in [3.8, 4) is 28.5 Å². The highest BCUT2D eigenvalue weighted by molar-refractivity contribution is 5.99. The number of ether oxygens (including phenoxy) is 3. The van der Waals surface area contributed by atoms with E-state index in [9.17, 15) is 4.79 Å². The lowest BCUT2D eigenvalue weighted by molar-refractivity contribution is 0.0951. The molecule has 3 aromatic rings. The summed E-state index contributed by atoms with van der Waals surface area (Å²) in [5.74, 6) is 1.81. The van der Waals surface area contributed by atoms with Crippen LogP contribution in [0.4, 0.5) is 0 Å². The number of hydrogen-bond donors (Lipinski definition) is 2. The van der Waals surface area contributed by atoms with Gasteiger partial charge in [-0.1, -0.05) is 12.1 Å². The number of amides is 1. The van der Waals surface area contributed by atoms with Gasteiger partial charge in [0.2, 0.25) is 0 Å². The van der Waals surface area contributed by atoms with Crippen LogP contribution in [0.25, 0.3) is 11.3 Å². The number of aromatic amines is 1. The molecule has 1 heterocycles. The zero-order valence-electron chi connectivity index (χ0n) is 15.4. The standard InChI is InChI=1S/C20H21N3O4/c1-25-15-6-4-5-13(9-15)19-17(12-22-23-19)20(24)21-11-14-7-8-16(26-2)10-18(14)27-3/h4-10,12H,11H2,1-3H3,(H,21,24)(H,22,23). The number of benzene rings is 2. The van der Waals surface area contributed by atoms with E-state index in [1.165, 1.54) is 6.20 Å². The molecule has 2 aromatic carbocycles. The molecule has 7 heteroatoms. The van der Waals surface area contributed by atoms with Crippen LogP contribution >= 0.6 is 0 Å². The number of nitrogens with zero attached hydrogens (tertiary/aromatic N) is 1. The zero-order chi connectivity index (χ0) is 19.2. The maximum absolute atomic E-state index is 12.7. The molecule has 27 heavy (non-hydrogen) atoms. The fraction of sp³-hybridized carbons (Fsp3) is 0.200. The Bertz CT molecular complexity index is 936. The average Bonchev–Trinajstić information content (AvgIpc) is 3.22. The van der Waals surface area contributed by atoms with Gasteiger partial charge in [0, 0.05) is 23.7 Å². The highest BCUT2D eigenvalue weighted by Gasteiger charge is 2.16. The van der Waals surface area contributed by atoms with Crippen molar-refractivity contribution in [3.63, 3.8) is 0 Å². The van der Waals surface area contributed by atoms with Gasteiger partial charge < -0.3 is 19.5 Å². The van der Waals surface area contributed by atoms with Crippen molar-refractivity contribution >= 4 is 5.91 Å². The van der Waals surface area contributed by atoms with Crippen LogP contribution in [0.1, 0.15) is 15.9 Å². The molecule has 0 bridgehead atoms. The van der Waals surface area contributed by atoms with Gasteiger partial charge in [0.15, 0.2) is 0 Å². The Morgan fingerprint density at radius 3 is 2.56 bits per heavy atom. The van der Waals surface area contributed by atoms with Crippen molar-refractivity contribution < 1.29 is 19.0 Å². The number of rotatable bonds is 7. The highest BCUT2D eigenvalue weighted by Crippen LogP contribution is 2.26. The molecule has 140 valence electrons. The van der Waals surface area contributed by atoms with E-state index >= 15 is 0 Å². The van der Waals surface area contributed by atoms with Gasteiger partial charge in [-0.25, -0.2) is 0 Å². The SMILES string of the molecule is COc1cccc(-c2[nH]ncc2C(=O)NCc2ccc(OC)cc2OC)c1. The maximum atomic E-state index is 12.7. The van der Waals surface area contributed by atoms with Crippen LogP contribution in [-0.2, 0) is 6.54 Å². The molecule has 1 amide bonds. The van der Waals surface area contributed by atoms with E-state index in [1.54, 1.807) is 27.4 Å². The third-order valence-corrected chi connectivity index (χ3v) is 4.18. The molecule has 0 saturated heterocycles. The number of hydrogen-bond acceptors (Lipinski definition) is 5. The molecule has 0 aliphatic heterocycles. The Morgan fingerprint density at radius 1 is 1.04 bits per heavy atom. The first kappa shape index (κ1) is 18.3. The van der Waals surface area contributed by atoms with Crippen molar-refractivity contribution in [1.29, 1.82) is 0 Å². The van der Waals surface area contributed by atoms with Gasteiger partial charge in [0.05, 0.1) is 38.8 Å². The number of carbonyl (C=O) groups is 1. The van der Waals surface area contributed by atoms with E-state index < -0.39 is 0 Å². The van der Waals surface area contributed by atoms with E-state index in [2.05, 4.69) is 15.5 Å². The van der Waals surface area contributed by atoms with Gasteiger partial charge in [0.1, 0.15) is 17.2 Å². The lowest BCUT2D eigenvalue weighted by atomic mass is 10.1. The molecule has 0 aliphatic rings. The molecule has 0 aliphatic carbocycles. The van der Waals surface area contributed by atoms with E-state index in [0.717, 1.165) is 11.1 Å². The summed E-state index contributed by atoms with van der Waals surface area (Å²) in [7, 11) is 4.77. The first-order chi connectivity index (χ1) is 13.2. The molecule has 0 saturated carbocycles. The number of aromatic nitrogens is 2. The molecular weight excluding hydrogens is 346 g/mol. The first-order valence-corrected chi connectivity index (χ1v) is 8.33. The summed E-state index contributed by atoms with van der Waals surface area (Å²) >= 11 is 0. The van der Waals surface area contributed by atoms with Crippen LogP contribution in [-0.4, -0.2) is 37.4 Å². The van der Waals surface area contributed by atoms with Gasteiger partial charge in [-0.3, -0.25) is 9.89 Å². The summed E-state index contributed by atoms with van der Waals surface area (Å²) in [6.07, 6.45) is 1.51. The van der Waals surface area contributed by atoms with E-state index in [-0.39, 0.29) is 5.91 Å². The van der Waals surface area contributed by atoms with Crippen LogP contribution < -0.4 is 19.5 Å². The lowest BCUT2D eigenvalue weighted by Crippen LogP contribution is -2.23. The van der Waals surface area contributed by atoms with Gasteiger partial charge >= 0.3 is 0 Å². The van der Waals surface area contributed by atoms with E-state index in [4.69, 9.17) is 14.2 Å². The van der Waals surface area contributed by atoms with Gasteiger partial charge in [-0.15, -0.1) is 0 Å². The Morgan fingerprint density at radius 2 is 1.81 bits per heavy atom. The summed E-state index contributed by atoms with van der Waals surface area (Å²) in [6, 6.07) is 12.9. The van der Waals surface area contributed by atoms with E-state index in [1.807, 2.05) is 36.4 Å². The highest BCUT2D eigenvalue weighted by atomic mass is 16.5. The minimum atomic E-state index is -0.237. The third-order valence-electron chi connectivity index (χ3n) is 4.18. The molecular formula is C20H21N3O4. The molecule has 0 radical (unpaired) electrons. The maximum Gasteiger partial charge on any atom is 0.255 e. The molecule has 0 unspecified atom stereocenters. The zero-order valence-corrected chi connectivity index (χ0v) is 15.4. The Labute approximate surface area is 157 Å². The van der Waals surface area contributed by atoms with Crippen molar-refractivity contribution in [1.82, 2.24) is 15.5 Å². The predicted molar refractivity (Wildman–Crippen MR) is 101 cm³/mol. The molecule has 1 aromatic heterocycles. The molecule has 3 rings (SSSR count). The predicted octanol–water partition coefficient (Wildman–Crippen LogP) is 3.03. The fourth-order valence-corrected chi connectivity index (χ4v) is 2.73. The van der Waals surface area contributed by atoms with Gasteiger partial charge in [0.25, 0.3) is 5.91 Å². The number of H-pyrrole nitrogens is 1. The molecule has 0 fully saturated rings. The Balaban J connectivity index is 1.77. The van der Waals surface area contributed by atoms with Crippen molar-refractivity contribution in [2.24, 2.45) is 0 Å². The number of carbonyl (C=O) groups excluding carboxylic acids is 1. The van der Waals surface area contributed by atoms with E-state index in [0.29, 0.717) is 35.1 Å². The van der Waals surface area contributed by atoms with Gasteiger partial charge in [-0.2, -0.15) is 5.10 Å². The van der Waals surface area contributed by atoms with Gasteiger partial charge in [-0.05, 0) is 24.3 Å². The molecule has 0 atom stereocenters. The van der Waals surface area contributed by atoms with Crippen molar-refractivity contribution in [2.75, 3.05) is 21.3 Å². The normalized spacial score (nSPS) is 10.3. The third kappa shape index (κ3) is 4.03. The van der Waals surface area contributed by atoms with Crippen LogP contribution in [0.15, 0.2) is 48.7 Å². The first-order valence-electron chi connectivity index (χ1n) is 8.33. The van der Waals surface area contributed by atoms with Crippen LogP contribution in [0.2, 0.25) is 0 Å². The average molecular weight is 367 g/mol. The molecule has 2 N–H and O–H groups in total. The second kappa shape index (κ2) is 8.27. The largest absolute Gasteiger partial charge is 0.497 e. The van der Waals surface area contributed by atoms with Crippen LogP contribution in [0.5, 0.6) is 17.2 Å². The van der Waals surface area contributed by atoms with Crippen molar-refractivity contribution in [3.05, 3.63) is 59.8 Å². The summed E-state index contributed by atoms with van der Waals surface area (Å²) in [4.78, 5) is 12.7. The summed E-state index contributed by atoms with van der Waals surface area (Å²) in [5.41, 5.74) is 2.75. The second-order valence-corrected chi connectivity index (χ2v) is 5.75. The number of nitrogens with one attached hydrogen (secondary N) is 2. The minimum absolute atomic E-state index is 0.237. The Kier molecular flexibility index (Phi) is 5.61. The quantitative estimate of drug-likeness (QED) is 0.670. The Hall–Kier alpha value is -3.48. The summed E-state index contributed by atoms with van der Waals surface area (Å²) < 4.78 is 15.8. The topological polar surface area (TPSA) is 85.5 Å². The smallest absolute Gasteiger partial charge is 0.255 e. The minimum Gasteiger partial charge on any atom is -0.497 e. The van der Waals surface area contributed by atoms with Crippen molar-refractivity contribution in [2.45, 2.75) is 6.54 Å².